The van der Waals surface area contributed by atoms with Gasteiger partial charge in [0.05, 0.1) is 43.4 Å². The molecule has 0 saturated heterocycles. The molecule has 1 aliphatic heterocycles. The van der Waals surface area contributed by atoms with Crippen LogP contribution >= 0.6 is 0 Å². The summed E-state index contributed by atoms with van der Waals surface area (Å²) in [6.45, 7) is 6.52. The Hall–Kier alpha value is -2.87. The van der Waals surface area contributed by atoms with Gasteiger partial charge in [-0.15, -0.1) is 0 Å². The highest BCUT2D eigenvalue weighted by molar-refractivity contribution is 6.03. The molecule has 8 heteroatoms. The molecule has 0 aliphatic carbocycles. The molecule has 0 saturated carbocycles. The van der Waals surface area contributed by atoms with Crippen LogP contribution in [0.2, 0.25) is 0 Å². The van der Waals surface area contributed by atoms with E-state index in [1.54, 1.807) is 20.7 Å². The Labute approximate surface area is 164 Å². The quantitative estimate of drug-likeness (QED) is 0.854. The summed E-state index contributed by atoms with van der Waals surface area (Å²) < 4.78 is 7.01. The van der Waals surface area contributed by atoms with Crippen LogP contribution in [-0.4, -0.2) is 52.7 Å². The minimum atomic E-state index is -0.411. The van der Waals surface area contributed by atoms with E-state index in [-0.39, 0.29) is 18.6 Å². The maximum absolute atomic E-state index is 12.6. The highest BCUT2D eigenvalue weighted by atomic mass is 16.6. The monoisotopic (exact) mass is 386 g/mol. The van der Waals surface area contributed by atoms with Crippen molar-refractivity contribution in [2.45, 2.75) is 39.8 Å². The Bertz CT molecular complexity index is 864. The number of hydrogen-bond donors (Lipinski definition) is 1. The van der Waals surface area contributed by atoms with Crippen molar-refractivity contribution in [2.24, 2.45) is 0 Å². The first-order chi connectivity index (χ1) is 13.5. The summed E-state index contributed by atoms with van der Waals surface area (Å²) in [6.07, 6.45) is 3.88. The third kappa shape index (κ3) is 3.87. The summed E-state index contributed by atoms with van der Waals surface area (Å²) in [6, 6.07) is 5.48. The number of rotatable bonds is 5. The molecule has 2 heterocycles. The lowest BCUT2D eigenvalue weighted by Crippen LogP contribution is -2.51. The number of carbonyl (C=O) groups excluding carboxylic acids is 2. The van der Waals surface area contributed by atoms with Gasteiger partial charge in [0.15, 0.2) is 0 Å². The number of carbonyl (C=O) groups is 2. The zero-order valence-corrected chi connectivity index (χ0v) is 16.5. The summed E-state index contributed by atoms with van der Waals surface area (Å²) in [7, 11) is 0. The number of aliphatic hydroxyl groups excluding tert-OH is 1. The van der Waals surface area contributed by atoms with Crippen molar-refractivity contribution < 1.29 is 19.4 Å². The van der Waals surface area contributed by atoms with Gasteiger partial charge in [0.2, 0.25) is 5.91 Å². The van der Waals surface area contributed by atoms with Gasteiger partial charge in [0.1, 0.15) is 0 Å². The average Bonchev–Trinajstić information content (AvgIpc) is 3.13. The first kappa shape index (κ1) is 19.9. The molecule has 1 N–H and O–H groups in total. The van der Waals surface area contributed by atoms with Crippen LogP contribution in [0.4, 0.5) is 16.2 Å². The second-order valence-corrected chi connectivity index (χ2v) is 6.88. The van der Waals surface area contributed by atoms with Crippen LogP contribution in [-0.2, 0) is 16.1 Å². The number of amides is 2. The average molecular weight is 386 g/mol. The van der Waals surface area contributed by atoms with E-state index in [1.165, 1.54) is 6.92 Å². The van der Waals surface area contributed by atoms with Gasteiger partial charge in [-0.05, 0) is 31.0 Å². The van der Waals surface area contributed by atoms with Crippen molar-refractivity contribution in [3.63, 3.8) is 0 Å². The van der Waals surface area contributed by atoms with Gasteiger partial charge >= 0.3 is 6.09 Å². The van der Waals surface area contributed by atoms with Gasteiger partial charge in [-0.3, -0.25) is 14.4 Å². The smallest absolute Gasteiger partial charge is 0.414 e. The van der Waals surface area contributed by atoms with Gasteiger partial charge < -0.3 is 14.7 Å². The van der Waals surface area contributed by atoms with Crippen LogP contribution in [0.25, 0.3) is 11.1 Å². The number of fused-ring (bicyclic) bond motifs is 1. The first-order valence-corrected chi connectivity index (χ1v) is 9.48. The molecule has 0 bridgehead atoms. The third-order valence-corrected chi connectivity index (χ3v) is 4.70. The maximum Gasteiger partial charge on any atom is 0.414 e. The molecule has 0 fully saturated rings. The van der Waals surface area contributed by atoms with Crippen LogP contribution in [0.15, 0.2) is 30.6 Å². The van der Waals surface area contributed by atoms with Gasteiger partial charge in [0.25, 0.3) is 0 Å². The normalized spacial score (nSPS) is 16.1. The summed E-state index contributed by atoms with van der Waals surface area (Å²) in [5.74, 6) is -0.0705. The molecular weight excluding hydrogens is 360 g/mol. The lowest BCUT2D eigenvalue weighted by Gasteiger charge is -2.40. The van der Waals surface area contributed by atoms with Crippen molar-refractivity contribution in [2.75, 3.05) is 29.6 Å². The molecule has 1 aromatic heterocycles. The molecule has 150 valence electrons. The lowest BCUT2D eigenvalue weighted by molar-refractivity contribution is -0.117. The molecule has 1 aliphatic rings. The molecule has 28 heavy (non-hydrogen) atoms. The van der Waals surface area contributed by atoms with E-state index in [1.807, 2.05) is 38.2 Å². The molecule has 2 aromatic rings. The van der Waals surface area contributed by atoms with Crippen LogP contribution in [0.5, 0.6) is 0 Å². The molecule has 1 aromatic carbocycles. The lowest BCUT2D eigenvalue weighted by atomic mass is 10.0. The maximum atomic E-state index is 12.6. The van der Waals surface area contributed by atoms with Gasteiger partial charge in [-0.25, -0.2) is 4.79 Å². The molecular formula is C20H26N4O4. The number of anilines is 2. The zero-order valence-electron chi connectivity index (χ0n) is 16.5. The fraction of sp³-hybridized carbons (Fsp3) is 0.450. The number of aliphatic hydroxyl groups is 1. The largest absolute Gasteiger partial charge is 0.449 e. The van der Waals surface area contributed by atoms with Crippen LogP contribution in [0.1, 0.15) is 27.2 Å². The first-order valence-electron chi connectivity index (χ1n) is 9.48. The summed E-state index contributed by atoms with van der Waals surface area (Å²) in [5.41, 5.74) is 3.06. The molecule has 3 rings (SSSR count). The molecule has 0 spiro atoms. The minimum absolute atomic E-state index is 0.00775. The fourth-order valence-electron chi connectivity index (χ4n) is 3.46. The number of aromatic nitrogens is 2. The van der Waals surface area contributed by atoms with Crippen molar-refractivity contribution in [1.29, 1.82) is 0 Å². The van der Waals surface area contributed by atoms with E-state index in [4.69, 9.17) is 9.84 Å². The van der Waals surface area contributed by atoms with Gasteiger partial charge in [0, 0.05) is 25.2 Å². The topological polar surface area (TPSA) is 87.9 Å². The highest BCUT2D eigenvalue weighted by Gasteiger charge is 2.34. The summed E-state index contributed by atoms with van der Waals surface area (Å²) in [5, 5.41) is 13.3. The van der Waals surface area contributed by atoms with Crippen molar-refractivity contribution >= 4 is 23.4 Å². The van der Waals surface area contributed by atoms with Crippen LogP contribution in [0, 0.1) is 0 Å². The number of ether oxygens (including phenoxy) is 1. The van der Waals surface area contributed by atoms with Crippen LogP contribution in [0.3, 0.4) is 0 Å². The molecule has 0 radical (unpaired) electrons. The van der Waals surface area contributed by atoms with E-state index < -0.39 is 6.09 Å². The Balaban J connectivity index is 2.02. The van der Waals surface area contributed by atoms with Gasteiger partial charge in [-0.1, -0.05) is 13.0 Å². The fourth-order valence-corrected chi connectivity index (χ4v) is 3.46. The van der Waals surface area contributed by atoms with Crippen molar-refractivity contribution in [3.05, 3.63) is 30.6 Å². The van der Waals surface area contributed by atoms with Crippen LogP contribution < -0.4 is 9.80 Å². The molecule has 2 amide bonds. The second-order valence-electron chi connectivity index (χ2n) is 6.88. The van der Waals surface area contributed by atoms with Gasteiger partial charge in [-0.2, -0.15) is 5.10 Å². The number of hydrogen-bond acceptors (Lipinski definition) is 5. The SMILES string of the molecule is CCCOC(=O)N1C[C@H](C)N(C(C)=O)c2ccc(-c3cnn(CCO)c3)cc21. The predicted octanol–water partition coefficient (Wildman–Crippen LogP) is 2.65. The third-order valence-electron chi connectivity index (χ3n) is 4.70. The minimum Gasteiger partial charge on any atom is -0.449 e. The Morgan fingerprint density at radius 1 is 1.29 bits per heavy atom. The molecule has 0 unspecified atom stereocenters. The van der Waals surface area contributed by atoms with Crippen molar-refractivity contribution in [3.8, 4) is 11.1 Å². The molecule has 1 atom stereocenters. The Morgan fingerprint density at radius 2 is 2.07 bits per heavy atom. The Morgan fingerprint density at radius 3 is 2.75 bits per heavy atom. The summed E-state index contributed by atoms with van der Waals surface area (Å²) >= 11 is 0. The summed E-state index contributed by atoms with van der Waals surface area (Å²) in [4.78, 5) is 28.1. The highest BCUT2D eigenvalue weighted by Crippen LogP contribution is 2.39. The zero-order chi connectivity index (χ0) is 20.3. The predicted molar refractivity (Wildman–Crippen MR) is 106 cm³/mol. The van der Waals surface area contributed by atoms with E-state index >= 15 is 0 Å². The van der Waals surface area contributed by atoms with E-state index in [9.17, 15) is 9.59 Å². The Kier molecular flexibility index (Phi) is 5.99. The van der Waals surface area contributed by atoms with E-state index in [0.717, 1.165) is 17.5 Å². The van der Waals surface area contributed by atoms with Crippen molar-refractivity contribution in [1.82, 2.24) is 9.78 Å². The standard InChI is InChI=1S/C20H26N4O4/c1-4-9-28-20(27)23-12-14(2)24(15(3)26)18-6-5-16(10-19(18)23)17-11-21-22(13-17)7-8-25/h5-6,10-11,13-14,25H,4,7-9,12H2,1-3H3/t14-/m0/s1. The van der Waals surface area contributed by atoms with E-state index in [2.05, 4.69) is 5.10 Å². The molecule has 8 nitrogen and oxygen atoms in total. The number of nitrogens with zero attached hydrogens (tertiary/aromatic N) is 4. The van der Waals surface area contributed by atoms with E-state index in [0.29, 0.717) is 31.1 Å². The second kappa shape index (κ2) is 8.43. The number of benzene rings is 1.